The van der Waals surface area contributed by atoms with Crippen LogP contribution in [0.25, 0.3) is 22.8 Å². The summed E-state index contributed by atoms with van der Waals surface area (Å²) in [5, 5.41) is 27.6. The van der Waals surface area contributed by atoms with Crippen LogP contribution in [0.2, 0.25) is 0 Å². The Labute approximate surface area is 114 Å². The molecule has 0 fully saturated rings. The van der Waals surface area contributed by atoms with E-state index in [1.165, 1.54) is 4.68 Å². The number of nitrogens with zero attached hydrogens (tertiary/aromatic N) is 3. The Kier molecular flexibility index (Phi) is 2.76. The molecule has 0 bridgehead atoms. The SMILES string of the molecule is Nn1c(-c2ccccc2O)nnc1-c1ccccc1O. The van der Waals surface area contributed by atoms with Crippen molar-refractivity contribution >= 4 is 0 Å². The number of benzene rings is 2. The first kappa shape index (κ1) is 12.0. The Bertz CT molecular complexity index is 704. The lowest BCUT2D eigenvalue weighted by molar-refractivity contribution is 0.476. The van der Waals surface area contributed by atoms with Crippen LogP contribution in [0, 0.1) is 0 Å². The average molecular weight is 268 g/mol. The zero-order valence-corrected chi connectivity index (χ0v) is 10.4. The van der Waals surface area contributed by atoms with Gasteiger partial charge in [-0.05, 0) is 24.3 Å². The van der Waals surface area contributed by atoms with E-state index in [-0.39, 0.29) is 11.5 Å². The van der Waals surface area contributed by atoms with Crippen molar-refractivity contribution in [3.05, 3.63) is 48.5 Å². The molecular formula is C14H12N4O2. The van der Waals surface area contributed by atoms with Crippen LogP contribution in [0.1, 0.15) is 0 Å². The summed E-state index contributed by atoms with van der Waals surface area (Å²) in [6, 6.07) is 13.4. The van der Waals surface area contributed by atoms with E-state index in [4.69, 9.17) is 5.84 Å². The maximum atomic E-state index is 9.84. The third-order valence-electron chi connectivity index (χ3n) is 2.99. The van der Waals surface area contributed by atoms with E-state index in [1.54, 1.807) is 48.5 Å². The normalized spacial score (nSPS) is 10.6. The van der Waals surface area contributed by atoms with Gasteiger partial charge in [-0.15, -0.1) is 10.2 Å². The van der Waals surface area contributed by atoms with Crippen LogP contribution in [0.4, 0.5) is 0 Å². The molecule has 0 atom stereocenters. The second-order valence-electron chi connectivity index (χ2n) is 4.25. The van der Waals surface area contributed by atoms with E-state index in [9.17, 15) is 10.2 Å². The zero-order valence-electron chi connectivity index (χ0n) is 10.4. The highest BCUT2D eigenvalue weighted by Crippen LogP contribution is 2.31. The van der Waals surface area contributed by atoms with Gasteiger partial charge in [0.15, 0.2) is 11.6 Å². The lowest BCUT2D eigenvalue weighted by Crippen LogP contribution is -2.12. The molecular weight excluding hydrogens is 256 g/mol. The van der Waals surface area contributed by atoms with Crippen molar-refractivity contribution in [2.45, 2.75) is 0 Å². The second-order valence-corrected chi connectivity index (χ2v) is 4.25. The number of para-hydroxylation sites is 2. The molecule has 0 unspecified atom stereocenters. The van der Waals surface area contributed by atoms with Gasteiger partial charge in [0, 0.05) is 0 Å². The van der Waals surface area contributed by atoms with Gasteiger partial charge in [-0.25, -0.2) is 4.68 Å². The van der Waals surface area contributed by atoms with Gasteiger partial charge in [-0.1, -0.05) is 24.3 Å². The minimum Gasteiger partial charge on any atom is -0.507 e. The molecule has 3 aromatic rings. The molecule has 3 rings (SSSR count). The number of aromatic hydroxyl groups is 2. The monoisotopic (exact) mass is 268 g/mol. The van der Waals surface area contributed by atoms with Gasteiger partial charge >= 0.3 is 0 Å². The summed E-state index contributed by atoms with van der Waals surface area (Å²) in [6.45, 7) is 0. The topological polar surface area (TPSA) is 97.2 Å². The lowest BCUT2D eigenvalue weighted by Gasteiger charge is -2.06. The van der Waals surface area contributed by atoms with Crippen LogP contribution in [0.5, 0.6) is 11.5 Å². The maximum Gasteiger partial charge on any atom is 0.186 e. The van der Waals surface area contributed by atoms with Crippen molar-refractivity contribution in [2.75, 3.05) is 5.84 Å². The third kappa shape index (κ3) is 1.83. The third-order valence-corrected chi connectivity index (χ3v) is 2.99. The largest absolute Gasteiger partial charge is 0.507 e. The van der Waals surface area contributed by atoms with Gasteiger partial charge < -0.3 is 16.1 Å². The van der Waals surface area contributed by atoms with Crippen molar-refractivity contribution in [3.63, 3.8) is 0 Å². The Morgan fingerprint density at radius 1 is 0.750 bits per heavy atom. The first-order valence-corrected chi connectivity index (χ1v) is 5.95. The Balaban J connectivity index is 2.15. The summed E-state index contributed by atoms with van der Waals surface area (Å²) in [4.78, 5) is 0. The molecule has 0 amide bonds. The molecule has 0 saturated carbocycles. The van der Waals surface area contributed by atoms with Crippen molar-refractivity contribution in [3.8, 4) is 34.3 Å². The summed E-state index contributed by atoms with van der Waals surface area (Å²) in [6.07, 6.45) is 0. The van der Waals surface area contributed by atoms with Gasteiger partial charge in [-0.2, -0.15) is 0 Å². The van der Waals surface area contributed by atoms with E-state index < -0.39 is 0 Å². The predicted molar refractivity (Wildman–Crippen MR) is 74.4 cm³/mol. The highest BCUT2D eigenvalue weighted by molar-refractivity contribution is 5.69. The number of nitrogen functional groups attached to an aromatic ring is 1. The Morgan fingerprint density at radius 3 is 1.55 bits per heavy atom. The van der Waals surface area contributed by atoms with Gasteiger partial charge in [-0.3, -0.25) is 0 Å². The van der Waals surface area contributed by atoms with Crippen LogP contribution >= 0.6 is 0 Å². The molecule has 0 aliphatic heterocycles. The molecule has 20 heavy (non-hydrogen) atoms. The maximum absolute atomic E-state index is 9.84. The van der Waals surface area contributed by atoms with E-state index in [0.29, 0.717) is 22.8 Å². The molecule has 0 aliphatic rings. The summed E-state index contributed by atoms with van der Waals surface area (Å²) in [5.74, 6) is 6.75. The van der Waals surface area contributed by atoms with Crippen molar-refractivity contribution in [1.82, 2.24) is 14.9 Å². The molecule has 0 radical (unpaired) electrons. The number of hydrogen-bond acceptors (Lipinski definition) is 5. The van der Waals surface area contributed by atoms with Crippen LogP contribution in [-0.4, -0.2) is 25.1 Å². The first-order valence-electron chi connectivity index (χ1n) is 5.95. The van der Waals surface area contributed by atoms with Crippen LogP contribution < -0.4 is 5.84 Å². The Hall–Kier alpha value is -3.02. The van der Waals surface area contributed by atoms with E-state index in [2.05, 4.69) is 10.2 Å². The lowest BCUT2D eigenvalue weighted by atomic mass is 10.2. The highest BCUT2D eigenvalue weighted by atomic mass is 16.3. The fraction of sp³-hybridized carbons (Fsp3) is 0. The number of hydrogen-bond donors (Lipinski definition) is 3. The standard InChI is InChI=1S/C14H12N4O2/c15-18-13(9-5-1-3-7-11(9)19)16-17-14(18)10-6-2-4-8-12(10)20/h1-8,19-20H,15H2. The van der Waals surface area contributed by atoms with Gasteiger partial charge in [0.1, 0.15) is 11.5 Å². The van der Waals surface area contributed by atoms with Crippen LogP contribution in [-0.2, 0) is 0 Å². The number of nitrogens with two attached hydrogens (primary N) is 1. The van der Waals surface area contributed by atoms with Crippen molar-refractivity contribution in [1.29, 1.82) is 0 Å². The number of aromatic nitrogens is 3. The molecule has 0 saturated heterocycles. The highest BCUT2D eigenvalue weighted by Gasteiger charge is 2.17. The molecule has 6 heteroatoms. The minimum absolute atomic E-state index is 0.0652. The molecule has 1 heterocycles. The molecule has 100 valence electrons. The van der Waals surface area contributed by atoms with Crippen molar-refractivity contribution in [2.24, 2.45) is 0 Å². The number of phenols is 2. The fourth-order valence-electron chi connectivity index (χ4n) is 1.98. The van der Waals surface area contributed by atoms with Gasteiger partial charge in [0.05, 0.1) is 11.1 Å². The fourth-order valence-corrected chi connectivity index (χ4v) is 1.98. The molecule has 0 aliphatic carbocycles. The van der Waals surface area contributed by atoms with Crippen LogP contribution in [0.15, 0.2) is 48.5 Å². The predicted octanol–water partition coefficient (Wildman–Crippen LogP) is 1.74. The molecule has 6 nitrogen and oxygen atoms in total. The van der Waals surface area contributed by atoms with Gasteiger partial charge in [0.2, 0.25) is 0 Å². The van der Waals surface area contributed by atoms with Gasteiger partial charge in [0.25, 0.3) is 0 Å². The number of rotatable bonds is 2. The quantitative estimate of drug-likeness (QED) is 0.615. The van der Waals surface area contributed by atoms with E-state index >= 15 is 0 Å². The smallest absolute Gasteiger partial charge is 0.186 e. The molecule has 1 aromatic heterocycles. The summed E-state index contributed by atoms with van der Waals surface area (Å²) in [7, 11) is 0. The average Bonchev–Trinajstić information content (AvgIpc) is 2.82. The molecule has 2 aromatic carbocycles. The summed E-state index contributed by atoms with van der Waals surface area (Å²) < 4.78 is 1.24. The van der Waals surface area contributed by atoms with E-state index in [1.807, 2.05) is 0 Å². The summed E-state index contributed by atoms with van der Waals surface area (Å²) >= 11 is 0. The summed E-state index contributed by atoms with van der Waals surface area (Å²) in [5.41, 5.74) is 0.952. The second kappa shape index (κ2) is 4.58. The number of phenolic OH excluding ortho intramolecular Hbond substituents is 2. The zero-order chi connectivity index (χ0) is 14.1. The van der Waals surface area contributed by atoms with Crippen molar-refractivity contribution < 1.29 is 10.2 Å². The first-order chi connectivity index (χ1) is 9.68. The van der Waals surface area contributed by atoms with E-state index in [0.717, 1.165) is 0 Å². The minimum atomic E-state index is 0.0652. The Morgan fingerprint density at radius 2 is 1.15 bits per heavy atom. The molecule has 4 N–H and O–H groups in total. The van der Waals surface area contributed by atoms with Crippen LogP contribution in [0.3, 0.4) is 0 Å². The molecule has 0 spiro atoms.